The summed E-state index contributed by atoms with van der Waals surface area (Å²) in [5, 5.41) is 9.40. The van der Waals surface area contributed by atoms with Crippen LogP contribution in [0.2, 0.25) is 0 Å². The van der Waals surface area contributed by atoms with Crippen LogP contribution in [-0.2, 0) is 0 Å². The number of benzene rings is 1. The number of para-hydroxylation sites is 2. The Kier molecular flexibility index (Phi) is 1.55. The highest BCUT2D eigenvalue weighted by Crippen LogP contribution is 2.07. The zero-order valence-corrected chi connectivity index (χ0v) is 7.06. The van der Waals surface area contributed by atoms with Gasteiger partial charge in [0.15, 0.2) is 0 Å². The molecular weight excluding hydrogens is 168 g/mol. The Balaban J connectivity index is 3.02. The molecule has 0 bridgehead atoms. The molecular formula is C9H8N2O2. The second-order valence-electron chi connectivity index (χ2n) is 2.80. The molecule has 1 aromatic heterocycles. The highest BCUT2D eigenvalue weighted by molar-refractivity contribution is 5.74. The van der Waals surface area contributed by atoms with Crippen molar-refractivity contribution in [1.29, 1.82) is 0 Å². The van der Waals surface area contributed by atoms with Gasteiger partial charge in [0, 0.05) is 0 Å². The molecule has 0 saturated carbocycles. The molecule has 0 saturated heterocycles. The number of aromatic nitrogens is 2. The lowest BCUT2D eigenvalue weighted by Crippen LogP contribution is -2.21. The molecule has 0 aliphatic heterocycles. The second kappa shape index (κ2) is 2.58. The minimum absolute atomic E-state index is 0.293. The van der Waals surface area contributed by atoms with Crippen LogP contribution in [0.3, 0.4) is 0 Å². The molecule has 2 rings (SSSR count). The van der Waals surface area contributed by atoms with Crippen molar-refractivity contribution in [3.8, 4) is 0 Å². The zero-order chi connectivity index (χ0) is 9.42. The van der Waals surface area contributed by atoms with Crippen molar-refractivity contribution in [3.05, 3.63) is 40.3 Å². The lowest BCUT2D eigenvalue weighted by Gasteiger charge is -2.02. The second-order valence-corrected chi connectivity index (χ2v) is 2.80. The van der Waals surface area contributed by atoms with E-state index in [1.165, 1.54) is 0 Å². The summed E-state index contributed by atoms with van der Waals surface area (Å²) in [6, 6.07) is 6.93. The van der Waals surface area contributed by atoms with Crippen molar-refractivity contribution < 1.29 is 5.21 Å². The lowest BCUT2D eigenvalue weighted by atomic mass is 10.3. The maximum atomic E-state index is 11.2. The third kappa shape index (κ3) is 1.07. The van der Waals surface area contributed by atoms with Gasteiger partial charge in [-0.2, -0.15) is 0 Å². The first kappa shape index (κ1) is 7.79. The van der Waals surface area contributed by atoms with Gasteiger partial charge in [-0.3, -0.25) is 4.79 Å². The molecule has 0 unspecified atom stereocenters. The Hall–Kier alpha value is -1.84. The summed E-state index contributed by atoms with van der Waals surface area (Å²) in [6.07, 6.45) is 0. The molecule has 1 aromatic carbocycles. The van der Waals surface area contributed by atoms with E-state index in [0.29, 0.717) is 21.5 Å². The van der Waals surface area contributed by atoms with Crippen LogP contribution in [0.15, 0.2) is 29.1 Å². The maximum Gasteiger partial charge on any atom is 0.304 e. The van der Waals surface area contributed by atoms with Gasteiger partial charge in [0.1, 0.15) is 11.2 Å². The highest BCUT2D eigenvalue weighted by atomic mass is 16.5. The Labute approximate surface area is 74.0 Å². The molecule has 0 spiro atoms. The van der Waals surface area contributed by atoms with E-state index < -0.39 is 5.56 Å². The number of fused-ring (bicyclic) bond motifs is 1. The molecule has 1 N–H and O–H groups in total. The number of hydrogen-bond donors (Lipinski definition) is 1. The third-order valence-corrected chi connectivity index (χ3v) is 1.90. The zero-order valence-electron chi connectivity index (χ0n) is 7.06. The van der Waals surface area contributed by atoms with Gasteiger partial charge < -0.3 is 5.21 Å². The Morgan fingerprint density at radius 1 is 1.38 bits per heavy atom. The molecule has 4 nitrogen and oxygen atoms in total. The predicted octanol–water partition coefficient (Wildman–Crippen LogP) is 0.942. The first-order valence-corrected chi connectivity index (χ1v) is 3.88. The van der Waals surface area contributed by atoms with Crippen LogP contribution in [0.25, 0.3) is 11.0 Å². The minimum atomic E-state index is -0.473. The predicted molar refractivity (Wildman–Crippen MR) is 47.9 cm³/mol. The van der Waals surface area contributed by atoms with Gasteiger partial charge in [-0.25, -0.2) is 4.98 Å². The molecule has 0 fully saturated rings. The summed E-state index contributed by atoms with van der Waals surface area (Å²) in [7, 11) is 0. The Morgan fingerprint density at radius 2 is 2.08 bits per heavy atom. The van der Waals surface area contributed by atoms with Crippen molar-refractivity contribution in [2.45, 2.75) is 6.92 Å². The van der Waals surface area contributed by atoms with Crippen molar-refractivity contribution in [2.75, 3.05) is 0 Å². The monoisotopic (exact) mass is 176 g/mol. The van der Waals surface area contributed by atoms with Gasteiger partial charge in [-0.1, -0.05) is 12.1 Å². The van der Waals surface area contributed by atoms with Crippen molar-refractivity contribution in [2.24, 2.45) is 0 Å². The molecule has 0 radical (unpaired) electrons. The fourth-order valence-corrected chi connectivity index (χ4v) is 1.23. The fourth-order valence-electron chi connectivity index (χ4n) is 1.23. The van der Waals surface area contributed by atoms with E-state index >= 15 is 0 Å². The third-order valence-electron chi connectivity index (χ3n) is 1.90. The molecule has 66 valence electrons. The van der Waals surface area contributed by atoms with Crippen LogP contribution >= 0.6 is 0 Å². The van der Waals surface area contributed by atoms with E-state index in [9.17, 15) is 10.0 Å². The molecule has 0 aliphatic carbocycles. The summed E-state index contributed by atoms with van der Waals surface area (Å²) >= 11 is 0. The van der Waals surface area contributed by atoms with Crippen molar-refractivity contribution in [3.63, 3.8) is 0 Å². The molecule has 0 atom stereocenters. The summed E-state index contributed by atoms with van der Waals surface area (Å²) in [6.45, 7) is 1.57. The van der Waals surface area contributed by atoms with Gasteiger partial charge in [0.25, 0.3) is 0 Å². The summed E-state index contributed by atoms with van der Waals surface area (Å²) in [5.74, 6) is 0. The minimum Gasteiger partial charge on any atom is -0.425 e. The van der Waals surface area contributed by atoms with Gasteiger partial charge >= 0.3 is 5.56 Å². The van der Waals surface area contributed by atoms with Crippen LogP contribution < -0.4 is 5.56 Å². The molecule has 0 amide bonds. The number of hydrogen-bond acceptors (Lipinski definition) is 3. The number of rotatable bonds is 0. The van der Waals surface area contributed by atoms with E-state index in [4.69, 9.17) is 0 Å². The average molecular weight is 176 g/mol. The van der Waals surface area contributed by atoms with Crippen LogP contribution in [-0.4, -0.2) is 14.9 Å². The topological polar surface area (TPSA) is 55.1 Å². The number of aryl methyl sites for hydroxylation is 1. The first-order chi connectivity index (χ1) is 6.20. The normalized spacial score (nSPS) is 10.5. The van der Waals surface area contributed by atoms with E-state index in [0.717, 1.165) is 0 Å². The summed E-state index contributed by atoms with van der Waals surface area (Å²) in [5.41, 5.74) is 0.861. The van der Waals surface area contributed by atoms with Gasteiger partial charge in [0.05, 0.1) is 5.52 Å². The van der Waals surface area contributed by atoms with E-state index in [1.54, 1.807) is 31.2 Å². The van der Waals surface area contributed by atoms with Crippen LogP contribution in [0.4, 0.5) is 0 Å². The molecule has 2 aromatic rings. The summed E-state index contributed by atoms with van der Waals surface area (Å²) < 4.78 is 0.623. The number of nitrogens with zero attached hydrogens (tertiary/aromatic N) is 2. The smallest absolute Gasteiger partial charge is 0.304 e. The standard InChI is InChI=1S/C9H8N2O2/c1-6-9(12)11(13)8-5-3-2-4-7(8)10-6/h2-5,13H,1H3. The van der Waals surface area contributed by atoms with Crippen LogP contribution in [0.1, 0.15) is 5.69 Å². The van der Waals surface area contributed by atoms with E-state index in [2.05, 4.69) is 4.98 Å². The van der Waals surface area contributed by atoms with Crippen LogP contribution in [0.5, 0.6) is 0 Å². The fraction of sp³-hybridized carbons (Fsp3) is 0.111. The van der Waals surface area contributed by atoms with Crippen molar-refractivity contribution >= 4 is 11.0 Å². The Bertz CT molecular complexity index is 516. The van der Waals surface area contributed by atoms with Crippen molar-refractivity contribution in [1.82, 2.24) is 9.71 Å². The highest BCUT2D eigenvalue weighted by Gasteiger charge is 2.04. The molecule has 0 aliphatic rings. The molecule has 4 heteroatoms. The van der Waals surface area contributed by atoms with Gasteiger partial charge in [0.2, 0.25) is 0 Å². The van der Waals surface area contributed by atoms with Crippen LogP contribution in [0, 0.1) is 6.92 Å². The van der Waals surface area contributed by atoms with Gasteiger partial charge in [-0.05, 0) is 19.1 Å². The quantitative estimate of drug-likeness (QED) is 0.608. The van der Waals surface area contributed by atoms with E-state index in [-0.39, 0.29) is 0 Å². The molecule has 13 heavy (non-hydrogen) atoms. The first-order valence-electron chi connectivity index (χ1n) is 3.88. The molecule has 1 heterocycles. The lowest BCUT2D eigenvalue weighted by molar-refractivity contribution is 0.187. The average Bonchev–Trinajstić information content (AvgIpc) is 2.15. The SMILES string of the molecule is Cc1nc2ccccc2n(O)c1=O. The van der Waals surface area contributed by atoms with E-state index in [1.807, 2.05) is 0 Å². The van der Waals surface area contributed by atoms with Gasteiger partial charge in [-0.15, -0.1) is 4.73 Å². The maximum absolute atomic E-state index is 11.2. The summed E-state index contributed by atoms with van der Waals surface area (Å²) in [4.78, 5) is 15.3. The Morgan fingerprint density at radius 3 is 2.85 bits per heavy atom. The largest absolute Gasteiger partial charge is 0.425 e.